The number of hydrogen-bond acceptors (Lipinski definition) is 6. The molecule has 0 atom stereocenters. The Kier molecular flexibility index (Phi) is 3.34. The largest absolute Gasteiger partial charge is 0.478 e. The fourth-order valence-electron chi connectivity index (χ4n) is 1.45. The predicted octanol–water partition coefficient (Wildman–Crippen LogP) is 1.05. The number of nitrogens with zero attached hydrogens (tertiary/aromatic N) is 2. The molecule has 1 N–H and O–H groups in total. The number of hydrogen-bond donors (Lipinski definition) is 1. The second-order valence-electron chi connectivity index (χ2n) is 3.88. The van der Waals surface area contributed by atoms with Gasteiger partial charge in [0.1, 0.15) is 17.1 Å². The number of sulfone groups is 1. The Morgan fingerprint density at radius 2 is 1.89 bits per heavy atom. The van der Waals surface area contributed by atoms with Gasteiger partial charge in [0, 0.05) is 0 Å². The summed E-state index contributed by atoms with van der Waals surface area (Å²) in [5, 5.41) is 15.8. The lowest BCUT2D eigenvalue weighted by atomic mass is 10.2. The molecule has 0 bridgehead atoms. The number of carboxylic acid groups (broad SMARTS) is 1. The number of rotatable bonds is 4. The minimum absolute atomic E-state index is 0.0261. The van der Waals surface area contributed by atoms with Crippen LogP contribution in [0, 0.1) is 6.92 Å². The molecule has 2 aromatic rings. The molecule has 1 aromatic heterocycles. The van der Waals surface area contributed by atoms with Crippen molar-refractivity contribution < 1.29 is 22.9 Å². The van der Waals surface area contributed by atoms with Crippen molar-refractivity contribution in [2.24, 2.45) is 0 Å². The van der Waals surface area contributed by atoms with E-state index < -0.39 is 15.8 Å². The van der Waals surface area contributed by atoms with Gasteiger partial charge in [0.2, 0.25) is 0 Å². The van der Waals surface area contributed by atoms with Gasteiger partial charge in [-0.1, -0.05) is 10.3 Å². The highest BCUT2D eigenvalue weighted by atomic mass is 32.2. The van der Waals surface area contributed by atoms with E-state index in [9.17, 15) is 13.2 Å². The van der Waals surface area contributed by atoms with Crippen LogP contribution < -0.4 is 0 Å². The average Bonchev–Trinajstić information content (AvgIpc) is 2.74. The molecule has 1 heterocycles. The number of aromatic carboxylic acids is 1. The van der Waals surface area contributed by atoms with E-state index in [0.29, 0.717) is 5.69 Å². The maximum absolute atomic E-state index is 12.1. The van der Waals surface area contributed by atoms with Crippen LogP contribution >= 0.6 is 0 Å². The summed E-state index contributed by atoms with van der Waals surface area (Å²) < 4.78 is 28.6. The van der Waals surface area contributed by atoms with E-state index in [0.717, 1.165) is 0 Å². The third kappa shape index (κ3) is 2.79. The van der Waals surface area contributed by atoms with Gasteiger partial charge < -0.3 is 5.11 Å². The van der Waals surface area contributed by atoms with Crippen LogP contribution in [0.3, 0.4) is 0 Å². The minimum Gasteiger partial charge on any atom is -0.478 e. The standard InChI is InChI=1S/C11H10N2O5S/c1-7-10(13-18-12-7)6-19(16,17)9-4-2-8(3-5-9)11(14)15/h2-5H,6H2,1H3,(H,14,15). The average molecular weight is 282 g/mol. The van der Waals surface area contributed by atoms with E-state index >= 15 is 0 Å². The third-order valence-corrected chi connectivity index (χ3v) is 4.18. The Bertz CT molecular complexity index is 703. The Hall–Kier alpha value is -2.22. The number of aryl methyl sites for hydroxylation is 1. The molecular weight excluding hydrogens is 272 g/mol. The molecular formula is C11H10N2O5S. The van der Waals surface area contributed by atoms with Gasteiger partial charge >= 0.3 is 5.97 Å². The Morgan fingerprint density at radius 1 is 1.26 bits per heavy atom. The molecule has 0 amide bonds. The van der Waals surface area contributed by atoms with E-state index in [1.54, 1.807) is 6.92 Å². The Balaban J connectivity index is 2.29. The van der Waals surface area contributed by atoms with Crippen molar-refractivity contribution in [2.75, 3.05) is 0 Å². The first-order chi connectivity index (χ1) is 8.90. The van der Waals surface area contributed by atoms with Gasteiger partial charge in [-0.15, -0.1) is 0 Å². The molecule has 2 rings (SSSR count). The maximum atomic E-state index is 12.1. The summed E-state index contributed by atoms with van der Waals surface area (Å²) in [6, 6.07) is 4.98. The van der Waals surface area contributed by atoms with Gasteiger partial charge in [-0.2, -0.15) is 0 Å². The van der Waals surface area contributed by atoms with Gasteiger partial charge in [-0.25, -0.2) is 17.8 Å². The molecule has 0 radical (unpaired) electrons. The van der Waals surface area contributed by atoms with E-state index in [2.05, 4.69) is 14.9 Å². The fourth-order valence-corrected chi connectivity index (χ4v) is 2.79. The summed E-state index contributed by atoms with van der Waals surface area (Å²) in [6.07, 6.45) is 0. The molecule has 0 aliphatic heterocycles. The highest BCUT2D eigenvalue weighted by Gasteiger charge is 2.20. The van der Waals surface area contributed by atoms with Crippen molar-refractivity contribution in [1.29, 1.82) is 0 Å². The lowest BCUT2D eigenvalue weighted by molar-refractivity contribution is 0.0696. The van der Waals surface area contributed by atoms with Crippen molar-refractivity contribution in [3.8, 4) is 0 Å². The maximum Gasteiger partial charge on any atom is 0.335 e. The first kappa shape index (κ1) is 13.2. The molecule has 100 valence electrons. The van der Waals surface area contributed by atoms with E-state index in [-0.39, 0.29) is 21.9 Å². The lowest BCUT2D eigenvalue weighted by Gasteiger charge is -2.03. The SMILES string of the molecule is Cc1nonc1CS(=O)(=O)c1ccc(C(=O)O)cc1. The molecule has 7 nitrogen and oxygen atoms in total. The third-order valence-electron chi connectivity index (χ3n) is 2.53. The Morgan fingerprint density at radius 3 is 2.37 bits per heavy atom. The highest BCUT2D eigenvalue weighted by Crippen LogP contribution is 2.17. The fraction of sp³-hybridized carbons (Fsp3) is 0.182. The van der Waals surface area contributed by atoms with Gasteiger partial charge in [0.25, 0.3) is 0 Å². The van der Waals surface area contributed by atoms with Crippen LogP contribution in [0.2, 0.25) is 0 Å². The molecule has 0 spiro atoms. The van der Waals surface area contributed by atoms with Crippen molar-refractivity contribution in [3.63, 3.8) is 0 Å². The van der Waals surface area contributed by atoms with E-state index in [1.165, 1.54) is 24.3 Å². The quantitative estimate of drug-likeness (QED) is 0.892. The van der Waals surface area contributed by atoms with Crippen LogP contribution in [-0.4, -0.2) is 29.8 Å². The number of aromatic nitrogens is 2. The van der Waals surface area contributed by atoms with Crippen molar-refractivity contribution in [1.82, 2.24) is 10.3 Å². The molecule has 1 aromatic carbocycles. The molecule has 0 aliphatic rings. The summed E-state index contributed by atoms with van der Waals surface area (Å²) >= 11 is 0. The molecule has 19 heavy (non-hydrogen) atoms. The summed E-state index contributed by atoms with van der Waals surface area (Å²) in [5.41, 5.74) is 0.672. The van der Waals surface area contributed by atoms with Crippen LogP contribution in [0.4, 0.5) is 0 Å². The summed E-state index contributed by atoms with van der Waals surface area (Å²) in [6.45, 7) is 1.59. The lowest BCUT2D eigenvalue weighted by Crippen LogP contribution is -2.07. The van der Waals surface area contributed by atoms with Crippen LogP contribution in [0.5, 0.6) is 0 Å². The van der Waals surface area contributed by atoms with Crippen molar-refractivity contribution in [2.45, 2.75) is 17.6 Å². The topological polar surface area (TPSA) is 110 Å². The predicted molar refractivity (Wildman–Crippen MR) is 63.3 cm³/mol. The number of carboxylic acids is 1. The second kappa shape index (κ2) is 4.81. The number of carbonyl (C=O) groups is 1. The van der Waals surface area contributed by atoms with Crippen LogP contribution in [-0.2, 0) is 15.6 Å². The minimum atomic E-state index is -3.60. The van der Waals surface area contributed by atoms with Gasteiger partial charge in [-0.05, 0) is 31.2 Å². The number of benzene rings is 1. The normalized spacial score (nSPS) is 11.4. The molecule has 0 fully saturated rings. The molecule has 0 saturated heterocycles. The molecule has 0 unspecified atom stereocenters. The first-order valence-electron chi connectivity index (χ1n) is 5.24. The van der Waals surface area contributed by atoms with Crippen molar-refractivity contribution in [3.05, 3.63) is 41.2 Å². The zero-order valence-electron chi connectivity index (χ0n) is 9.90. The molecule has 8 heteroatoms. The van der Waals surface area contributed by atoms with Crippen LogP contribution in [0.1, 0.15) is 21.7 Å². The van der Waals surface area contributed by atoms with E-state index in [1.807, 2.05) is 0 Å². The molecule has 0 saturated carbocycles. The Labute approximate surface area is 108 Å². The zero-order chi connectivity index (χ0) is 14.0. The van der Waals surface area contributed by atoms with Gasteiger partial charge in [0.15, 0.2) is 9.84 Å². The highest BCUT2D eigenvalue weighted by molar-refractivity contribution is 7.90. The zero-order valence-corrected chi connectivity index (χ0v) is 10.7. The first-order valence-corrected chi connectivity index (χ1v) is 6.89. The summed E-state index contributed by atoms with van der Waals surface area (Å²) in [5.74, 6) is -1.45. The summed E-state index contributed by atoms with van der Waals surface area (Å²) in [7, 11) is -3.60. The summed E-state index contributed by atoms with van der Waals surface area (Å²) in [4.78, 5) is 10.7. The van der Waals surface area contributed by atoms with E-state index in [4.69, 9.17) is 5.11 Å². The molecule has 0 aliphatic carbocycles. The van der Waals surface area contributed by atoms with Crippen LogP contribution in [0.25, 0.3) is 0 Å². The monoisotopic (exact) mass is 282 g/mol. The smallest absolute Gasteiger partial charge is 0.335 e. The van der Waals surface area contributed by atoms with Gasteiger partial charge in [0.05, 0.1) is 10.5 Å². The second-order valence-corrected chi connectivity index (χ2v) is 5.87. The van der Waals surface area contributed by atoms with Crippen LogP contribution in [0.15, 0.2) is 33.8 Å². The van der Waals surface area contributed by atoms with Gasteiger partial charge in [-0.3, -0.25) is 0 Å². The van der Waals surface area contributed by atoms with Crippen molar-refractivity contribution >= 4 is 15.8 Å².